The number of nitrogens with zero attached hydrogens (tertiary/aromatic N) is 4. The summed E-state index contributed by atoms with van der Waals surface area (Å²) in [5.41, 5.74) is 8.68. The highest BCUT2D eigenvalue weighted by molar-refractivity contribution is 6.47. The molecule has 33 heavy (non-hydrogen) atoms. The molecule has 3 heterocycles. The average molecular weight is 446 g/mol. The molecular weight excluding hydrogens is 427 g/mol. The van der Waals surface area contributed by atoms with Crippen molar-refractivity contribution in [2.75, 3.05) is 5.73 Å². The van der Waals surface area contributed by atoms with Gasteiger partial charge in [0, 0.05) is 23.2 Å². The molecule has 2 aromatic heterocycles. The number of carboxylic acids is 1. The molecule has 0 saturated carbocycles. The number of ketones is 1. The van der Waals surface area contributed by atoms with Gasteiger partial charge in [-0.05, 0) is 30.2 Å². The van der Waals surface area contributed by atoms with Crippen molar-refractivity contribution in [1.29, 1.82) is 0 Å². The SMILES string of the molecule is Nc1n[nH]c2ccc(-c3cn(CC(=O)C[C@H]4Cc5cccc(C(=O)O)c5OB4O)nn3)cc12. The minimum absolute atomic E-state index is 0.0122. The third-order valence-corrected chi connectivity index (χ3v) is 5.71. The highest BCUT2D eigenvalue weighted by Gasteiger charge is 2.37. The summed E-state index contributed by atoms with van der Waals surface area (Å²) in [6.07, 6.45) is 2.04. The summed E-state index contributed by atoms with van der Waals surface area (Å²) in [5.74, 6) is -1.25. The number of hydrogen-bond donors (Lipinski definition) is 4. The summed E-state index contributed by atoms with van der Waals surface area (Å²) < 4.78 is 6.90. The molecule has 1 aliphatic heterocycles. The fourth-order valence-electron chi connectivity index (χ4n) is 4.07. The Bertz CT molecular complexity index is 1380. The molecule has 0 bridgehead atoms. The van der Waals surface area contributed by atoms with Gasteiger partial charge in [-0.25, -0.2) is 9.48 Å². The molecule has 0 radical (unpaired) electrons. The quantitative estimate of drug-likeness (QED) is 0.321. The molecule has 166 valence electrons. The van der Waals surface area contributed by atoms with E-state index in [0.29, 0.717) is 23.5 Å². The standard InChI is InChI=1S/C21H19BN6O5/c23-20-16-7-11(4-5-17(16)24-26-20)18-10-28(27-25-18)9-14(29)8-13-6-12-2-1-3-15(21(30)31)19(12)33-22(13)32/h1-5,7,10,13,32H,6,8-9H2,(H,30,31)(H3,23,24,26)/t13-/m1/s1. The number of para-hydroxylation sites is 1. The van der Waals surface area contributed by atoms with Crippen molar-refractivity contribution in [3.05, 3.63) is 53.7 Å². The van der Waals surface area contributed by atoms with Crippen molar-refractivity contribution in [2.24, 2.45) is 0 Å². The minimum atomic E-state index is -1.28. The van der Waals surface area contributed by atoms with Crippen LogP contribution < -0.4 is 10.4 Å². The first-order valence-electron chi connectivity index (χ1n) is 10.2. The van der Waals surface area contributed by atoms with E-state index in [1.54, 1.807) is 18.3 Å². The number of nitrogens with one attached hydrogen (secondary N) is 1. The summed E-state index contributed by atoms with van der Waals surface area (Å²) in [4.78, 5) is 24.0. The number of H-pyrrole nitrogens is 1. The molecule has 11 nitrogen and oxygen atoms in total. The molecule has 12 heteroatoms. The Kier molecular flexibility index (Phi) is 5.06. The van der Waals surface area contributed by atoms with Gasteiger partial charge in [0.15, 0.2) is 11.6 Å². The van der Waals surface area contributed by atoms with Crippen molar-refractivity contribution in [3.8, 4) is 17.0 Å². The van der Waals surface area contributed by atoms with Crippen LogP contribution in [0.1, 0.15) is 22.3 Å². The molecular formula is C21H19BN6O5. The molecule has 0 saturated heterocycles. The summed E-state index contributed by atoms with van der Waals surface area (Å²) >= 11 is 0. The molecule has 5 N–H and O–H groups in total. The number of aromatic amines is 1. The Morgan fingerprint density at radius 3 is 2.97 bits per heavy atom. The lowest BCUT2D eigenvalue weighted by Crippen LogP contribution is -2.36. The maximum Gasteiger partial charge on any atom is 0.526 e. The van der Waals surface area contributed by atoms with Gasteiger partial charge in [-0.2, -0.15) is 5.10 Å². The summed E-state index contributed by atoms with van der Waals surface area (Å²) in [5, 5.41) is 35.4. The summed E-state index contributed by atoms with van der Waals surface area (Å²) in [6.45, 7) is -0.0195. The normalized spacial score (nSPS) is 15.3. The van der Waals surface area contributed by atoms with E-state index in [-0.39, 0.29) is 30.1 Å². The van der Waals surface area contributed by atoms with E-state index in [1.165, 1.54) is 10.7 Å². The van der Waals surface area contributed by atoms with Gasteiger partial charge in [0.25, 0.3) is 0 Å². The van der Waals surface area contributed by atoms with Crippen LogP contribution in [0.5, 0.6) is 5.75 Å². The van der Waals surface area contributed by atoms with E-state index < -0.39 is 18.9 Å². The van der Waals surface area contributed by atoms with Crippen LogP contribution in [0, 0.1) is 0 Å². The fraction of sp³-hybridized carbons (Fsp3) is 0.190. The fourth-order valence-corrected chi connectivity index (χ4v) is 4.07. The zero-order valence-corrected chi connectivity index (χ0v) is 17.3. The predicted molar refractivity (Wildman–Crippen MR) is 119 cm³/mol. The average Bonchev–Trinajstić information content (AvgIpc) is 3.40. The van der Waals surface area contributed by atoms with Crippen LogP contribution in [0.3, 0.4) is 0 Å². The number of aromatic carboxylic acids is 1. The number of carbonyl (C=O) groups excluding carboxylic acids is 1. The van der Waals surface area contributed by atoms with E-state index in [2.05, 4.69) is 20.5 Å². The lowest BCUT2D eigenvalue weighted by Gasteiger charge is -2.27. The number of anilines is 1. The van der Waals surface area contributed by atoms with Gasteiger partial charge in [0.05, 0.1) is 17.3 Å². The third kappa shape index (κ3) is 3.91. The van der Waals surface area contributed by atoms with Crippen LogP contribution in [0.2, 0.25) is 5.82 Å². The molecule has 1 aliphatic rings. The first-order valence-corrected chi connectivity index (χ1v) is 10.2. The lowest BCUT2D eigenvalue weighted by atomic mass is 9.64. The maximum atomic E-state index is 12.7. The number of rotatable bonds is 6. The Morgan fingerprint density at radius 1 is 1.30 bits per heavy atom. The number of carbonyl (C=O) groups is 2. The second-order valence-corrected chi connectivity index (χ2v) is 7.98. The maximum absolute atomic E-state index is 12.7. The highest BCUT2D eigenvalue weighted by Crippen LogP contribution is 2.36. The van der Waals surface area contributed by atoms with Gasteiger partial charge in [-0.15, -0.1) is 5.10 Å². The van der Waals surface area contributed by atoms with Crippen LogP contribution >= 0.6 is 0 Å². The van der Waals surface area contributed by atoms with Gasteiger partial charge < -0.3 is 20.5 Å². The van der Waals surface area contributed by atoms with Crippen LogP contribution in [-0.2, 0) is 17.8 Å². The second-order valence-electron chi connectivity index (χ2n) is 7.98. The van der Waals surface area contributed by atoms with E-state index >= 15 is 0 Å². The van der Waals surface area contributed by atoms with Gasteiger partial charge >= 0.3 is 13.1 Å². The van der Waals surface area contributed by atoms with E-state index in [9.17, 15) is 19.7 Å². The van der Waals surface area contributed by atoms with Crippen LogP contribution in [-0.4, -0.2) is 54.2 Å². The number of aromatic nitrogens is 5. The molecule has 0 unspecified atom stereocenters. The predicted octanol–water partition coefficient (Wildman–Crippen LogP) is 1.55. The van der Waals surface area contributed by atoms with Gasteiger partial charge in [0.1, 0.15) is 18.0 Å². The Morgan fingerprint density at radius 2 is 2.15 bits per heavy atom. The van der Waals surface area contributed by atoms with Crippen molar-refractivity contribution >= 4 is 35.6 Å². The van der Waals surface area contributed by atoms with Crippen LogP contribution in [0.25, 0.3) is 22.2 Å². The third-order valence-electron chi connectivity index (χ3n) is 5.71. The molecule has 4 aromatic rings. The number of nitrogen functional groups attached to an aromatic ring is 1. The molecule has 0 spiro atoms. The van der Waals surface area contributed by atoms with Crippen molar-refractivity contribution in [2.45, 2.75) is 25.2 Å². The number of fused-ring (bicyclic) bond motifs is 2. The zero-order valence-electron chi connectivity index (χ0n) is 17.3. The van der Waals surface area contributed by atoms with Crippen molar-refractivity contribution in [1.82, 2.24) is 25.2 Å². The van der Waals surface area contributed by atoms with Gasteiger partial charge in [-0.1, -0.05) is 23.4 Å². The summed E-state index contributed by atoms with van der Waals surface area (Å²) in [7, 11) is -1.28. The molecule has 0 fully saturated rings. The lowest BCUT2D eigenvalue weighted by molar-refractivity contribution is -0.120. The van der Waals surface area contributed by atoms with Gasteiger partial charge in [-0.3, -0.25) is 9.89 Å². The Balaban J connectivity index is 1.27. The molecule has 0 aliphatic carbocycles. The number of carboxylic acid groups (broad SMARTS) is 1. The minimum Gasteiger partial charge on any atom is -0.535 e. The van der Waals surface area contributed by atoms with Crippen molar-refractivity contribution < 1.29 is 24.4 Å². The van der Waals surface area contributed by atoms with Crippen LogP contribution in [0.15, 0.2) is 42.6 Å². The Labute approximate surface area is 187 Å². The van der Waals surface area contributed by atoms with Crippen LogP contribution in [0.4, 0.5) is 5.82 Å². The number of nitrogens with two attached hydrogens (primary N) is 1. The number of benzene rings is 2. The molecule has 2 aromatic carbocycles. The molecule has 1 atom stereocenters. The van der Waals surface area contributed by atoms with E-state index in [1.807, 2.05) is 18.2 Å². The topological polar surface area (TPSA) is 169 Å². The Hall–Kier alpha value is -4.19. The second kappa shape index (κ2) is 8.06. The first-order chi connectivity index (χ1) is 15.9. The van der Waals surface area contributed by atoms with Gasteiger partial charge in [0.2, 0.25) is 0 Å². The van der Waals surface area contributed by atoms with E-state index in [4.69, 9.17) is 10.4 Å². The van der Waals surface area contributed by atoms with E-state index in [0.717, 1.165) is 16.5 Å². The smallest absolute Gasteiger partial charge is 0.526 e. The summed E-state index contributed by atoms with van der Waals surface area (Å²) in [6, 6.07) is 10.3. The zero-order chi connectivity index (χ0) is 23.1. The largest absolute Gasteiger partial charge is 0.535 e. The molecule has 0 amide bonds. The van der Waals surface area contributed by atoms with Crippen molar-refractivity contribution in [3.63, 3.8) is 0 Å². The number of Topliss-reactive ketones (excluding diaryl/α,β-unsaturated/α-hetero) is 1. The highest BCUT2D eigenvalue weighted by atomic mass is 16.5. The first kappa shape index (κ1) is 20.7. The monoisotopic (exact) mass is 446 g/mol. The molecule has 5 rings (SSSR count). The number of hydrogen-bond acceptors (Lipinski definition) is 8.